The maximum absolute atomic E-state index is 12.6. The molecule has 1 atom stereocenters. The number of hydrogen-bond acceptors (Lipinski definition) is 4. The monoisotopic (exact) mass is 526 g/mol. The highest BCUT2D eigenvalue weighted by atomic mass is 35.5. The number of carbonyl (C=O) groups excluding carboxylic acids is 1. The van der Waals surface area contributed by atoms with E-state index in [4.69, 9.17) is 32.9 Å². The number of aromatic nitrogens is 1. The SMILES string of the molecule is O=C(N[C@@H](Cc1ccc(COCCc2ccc3c(n2)CCCC3)cc1)C(=O)O)c1c(Cl)cccc1Cl. The summed E-state index contributed by atoms with van der Waals surface area (Å²) < 4.78 is 5.83. The number of carboxylic acids is 1. The highest BCUT2D eigenvalue weighted by Gasteiger charge is 2.23. The van der Waals surface area contributed by atoms with Crippen LogP contribution >= 0.6 is 23.2 Å². The van der Waals surface area contributed by atoms with Crippen molar-refractivity contribution in [2.24, 2.45) is 0 Å². The molecule has 0 unspecified atom stereocenters. The van der Waals surface area contributed by atoms with Crippen LogP contribution in [-0.2, 0) is 41.8 Å². The van der Waals surface area contributed by atoms with Gasteiger partial charge in [0, 0.05) is 24.2 Å². The Morgan fingerprint density at radius 2 is 1.67 bits per heavy atom. The third kappa shape index (κ3) is 6.84. The van der Waals surface area contributed by atoms with Crippen molar-refractivity contribution in [1.82, 2.24) is 10.3 Å². The van der Waals surface area contributed by atoms with Crippen molar-refractivity contribution in [3.63, 3.8) is 0 Å². The molecule has 0 fully saturated rings. The van der Waals surface area contributed by atoms with Gasteiger partial charge < -0.3 is 15.2 Å². The molecule has 1 aromatic heterocycles. The average molecular weight is 527 g/mol. The third-order valence-electron chi connectivity index (χ3n) is 6.26. The fourth-order valence-electron chi connectivity index (χ4n) is 4.29. The zero-order valence-electron chi connectivity index (χ0n) is 19.8. The Balaban J connectivity index is 1.27. The molecule has 1 aliphatic carbocycles. The van der Waals surface area contributed by atoms with Crippen molar-refractivity contribution < 1.29 is 19.4 Å². The largest absolute Gasteiger partial charge is 0.480 e. The van der Waals surface area contributed by atoms with E-state index in [9.17, 15) is 14.7 Å². The first kappa shape index (κ1) is 26.1. The van der Waals surface area contributed by atoms with Gasteiger partial charge in [-0.05, 0) is 60.6 Å². The van der Waals surface area contributed by atoms with Crippen LogP contribution in [0.1, 0.15) is 51.3 Å². The molecule has 0 radical (unpaired) electrons. The summed E-state index contributed by atoms with van der Waals surface area (Å²) in [4.78, 5) is 29.2. The van der Waals surface area contributed by atoms with E-state index < -0.39 is 17.9 Å². The number of benzene rings is 2. The standard InChI is InChI=1S/C28H28Cl2N2O4/c29-22-5-3-6-23(30)26(22)27(33)32-25(28(34)35)16-18-8-10-19(11-9-18)17-36-15-14-21-13-12-20-4-1-2-7-24(20)31-21/h3,5-6,8-13,25H,1-2,4,7,14-17H2,(H,32,33)(H,34,35)/t25-/m0/s1. The predicted octanol–water partition coefficient (Wildman–Crippen LogP) is 5.45. The molecular formula is C28H28Cl2N2O4. The zero-order chi connectivity index (χ0) is 25.5. The number of ether oxygens (including phenoxy) is 1. The molecular weight excluding hydrogens is 499 g/mol. The second kappa shape index (κ2) is 12.3. The fourth-order valence-corrected chi connectivity index (χ4v) is 4.85. The molecule has 8 heteroatoms. The van der Waals surface area contributed by atoms with E-state index in [1.165, 1.54) is 36.2 Å². The Labute approximate surface area is 220 Å². The Kier molecular flexibility index (Phi) is 8.97. The zero-order valence-corrected chi connectivity index (χ0v) is 21.3. The summed E-state index contributed by atoms with van der Waals surface area (Å²) in [6.07, 6.45) is 5.54. The second-order valence-electron chi connectivity index (χ2n) is 8.90. The Bertz CT molecular complexity index is 1210. The summed E-state index contributed by atoms with van der Waals surface area (Å²) in [5.41, 5.74) is 5.49. The van der Waals surface area contributed by atoms with Gasteiger partial charge in [-0.15, -0.1) is 0 Å². The van der Waals surface area contributed by atoms with Crippen LogP contribution in [0.25, 0.3) is 0 Å². The van der Waals surface area contributed by atoms with Gasteiger partial charge in [0.1, 0.15) is 6.04 Å². The molecule has 0 saturated heterocycles. The van der Waals surface area contributed by atoms with Crippen LogP contribution in [0.4, 0.5) is 0 Å². The quantitative estimate of drug-likeness (QED) is 0.343. The molecule has 0 saturated carbocycles. The first-order valence-electron chi connectivity index (χ1n) is 12.0. The number of nitrogens with zero attached hydrogens (tertiary/aromatic N) is 1. The minimum Gasteiger partial charge on any atom is -0.480 e. The summed E-state index contributed by atoms with van der Waals surface area (Å²) in [6, 6.07) is 15.3. The van der Waals surface area contributed by atoms with Crippen molar-refractivity contribution in [2.75, 3.05) is 6.61 Å². The van der Waals surface area contributed by atoms with Crippen LogP contribution in [0.3, 0.4) is 0 Å². The van der Waals surface area contributed by atoms with Crippen molar-refractivity contribution in [3.8, 4) is 0 Å². The van der Waals surface area contributed by atoms with Crippen LogP contribution in [0, 0.1) is 0 Å². The van der Waals surface area contributed by atoms with Crippen LogP contribution in [0.15, 0.2) is 54.6 Å². The molecule has 4 rings (SSSR count). The van der Waals surface area contributed by atoms with E-state index in [1.807, 2.05) is 24.3 Å². The predicted molar refractivity (Wildman–Crippen MR) is 140 cm³/mol. The van der Waals surface area contributed by atoms with E-state index in [2.05, 4.69) is 17.4 Å². The number of aliphatic carboxylic acids is 1. The van der Waals surface area contributed by atoms with Crippen molar-refractivity contribution in [3.05, 3.63) is 98.3 Å². The summed E-state index contributed by atoms with van der Waals surface area (Å²) >= 11 is 12.1. The Morgan fingerprint density at radius 3 is 2.39 bits per heavy atom. The highest BCUT2D eigenvalue weighted by Crippen LogP contribution is 2.24. The first-order chi connectivity index (χ1) is 17.4. The third-order valence-corrected chi connectivity index (χ3v) is 6.89. The van der Waals surface area contributed by atoms with Crippen LogP contribution in [0.2, 0.25) is 10.0 Å². The molecule has 0 aliphatic heterocycles. The molecule has 36 heavy (non-hydrogen) atoms. The van der Waals surface area contributed by atoms with E-state index >= 15 is 0 Å². The van der Waals surface area contributed by atoms with Crippen molar-refractivity contribution in [2.45, 2.75) is 51.2 Å². The van der Waals surface area contributed by atoms with Gasteiger partial charge in [0.2, 0.25) is 0 Å². The van der Waals surface area contributed by atoms with Gasteiger partial charge in [0.05, 0.1) is 28.8 Å². The minimum absolute atomic E-state index is 0.0603. The summed E-state index contributed by atoms with van der Waals surface area (Å²) in [5.74, 6) is -1.77. The lowest BCUT2D eigenvalue weighted by Crippen LogP contribution is -2.42. The molecule has 2 N–H and O–H groups in total. The van der Waals surface area contributed by atoms with Gasteiger partial charge in [-0.1, -0.05) is 59.6 Å². The van der Waals surface area contributed by atoms with Crippen molar-refractivity contribution in [1.29, 1.82) is 0 Å². The number of carbonyl (C=O) groups is 2. The summed E-state index contributed by atoms with van der Waals surface area (Å²) in [5, 5.41) is 12.5. The maximum Gasteiger partial charge on any atom is 0.326 e. The minimum atomic E-state index is -1.14. The van der Waals surface area contributed by atoms with Gasteiger partial charge in [-0.25, -0.2) is 4.79 Å². The normalized spacial score (nSPS) is 13.6. The number of hydrogen-bond donors (Lipinski definition) is 2. The number of carboxylic acid groups (broad SMARTS) is 1. The number of aryl methyl sites for hydroxylation is 2. The van der Waals surface area contributed by atoms with E-state index in [1.54, 1.807) is 6.07 Å². The van der Waals surface area contributed by atoms with E-state index in [-0.39, 0.29) is 22.0 Å². The average Bonchev–Trinajstić information content (AvgIpc) is 2.87. The van der Waals surface area contributed by atoms with Gasteiger partial charge in [0.15, 0.2) is 0 Å². The van der Waals surface area contributed by atoms with Crippen molar-refractivity contribution >= 4 is 35.1 Å². The van der Waals surface area contributed by atoms with Crippen LogP contribution in [0.5, 0.6) is 0 Å². The number of fused-ring (bicyclic) bond motifs is 1. The highest BCUT2D eigenvalue weighted by molar-refractivity contribution is 6.39. The number of halogens is 2. The number of pyridine rings is 1. The molecule has 1 amide bonds. The molecule has 2 aromatic carbocycles. The molecule has 0 spiro atoms. The number of amides is 1. The summed E-state index contributed by atoms with van der Waals surface area (Å²) in [7, 11) is 0. The summed E-state index contributed by atoms with van der Waals surface area (Å²) in [6.45, 7) is 1.03. The Hall–Kier alpha value is -2.93. The fraction of sp³-hybridized carbons (Fsp3) is 0.321. The second-order valence-corrected chi connectivity index (χ2v) is 9.71. The first-order valence-corrected chi connectivity index (χ1v) is 12.8. The topological polar surface area (TPSA) is 88.5 Å². The molecule has 6 nitrogen and oxygen atoms in total. The van der Waals surface area contributed by atoms with Crippen LogP contribution < -0.4 is 5.32 Å². The molecule has 1 heterocycles. The van der Waals surface area contributed by atoms with E-state index in [0.717, 1.165) is 36.1 Å². The lowest BCUT2D eigenvalue weighted by atomic mass is 9.96. The molecule has 0 bridgehead atoms. The smallest absolute Gasteiger partial charge is 0.326 e. The van der Waals surface area contributed by atoms with Gasteiger partial charge in [-0.2, -0.15) is 0 Å². The van der Waals surface area contributed by atoms with Gasteiger partial charge in [0.25, 0.3) is 5.91 Å². The Morgan fingerprint density at radius 1 is 0.972 bits per heavy atom. The van der Waals surface area contributed by atoms with Crippen LogP contribution in [-0.4, -0.2) is 34.6 Å². The van der Waals surface area contributed by atoms with E-state index in [0.29, 0.717) is 13.2 Å². The lowest BCUT2D eigenvalue weighted by Gasteiger charge is -2.16. The number of nitrogens with one attached hydrogen (secondary N) is 1. The maximum atomic E-state index is 12.6. The molecule has 188 valence electrons. The van der Waals surface area contributed by atoms with Gasteiger partial charge >= 0.3 is 5.97 Å². The molecule has 1 aliphatic rings. The number of rotatable bonds is 10. The van der Waals surface area contributed by atoms with Gasteiger partial charge in [-0.3, -0.25) is 9.78 Å². The lowest BCUT2D eigenvalue weighted by molar-refractivity contribution is -0.139. The molecule has 3 aromatic rings.